The summed E-state index contributed by atoms with van der Waals surface area (Å²) < 4.78 is 14.1. The van der Waals surface area contributed by atoms with E-state index in [1.54, 1.807) is 13.0 Å². The number of nitrogens with zero attached hydrogens (tertiary/aromatic N) is 1. The van der Waals surface area contributed by atoms with Gasteiger partial charge in [0.2, 0.25) is 0 Å². The summed E-state index contributed by atoms with van der Waals surface area (Å²) >= 11 is 0. The van der Waals surface area contributed by atoms with Crippen molar-refractivity contribution < 1.29 is 14.3 Å². The third kappa shape index (κ3) is 2.27. The number of carboxylic acid groups (broad SMARTS) is 1. The summed E-state index contributed by atoms with van der Waals surface area (Å²) in [6.45, 7) is 3.21. The second-order valence-electron chi connectivity index (χ2n) is 4.25. The Labute approximate surface area is 108 Å². The molecule has 0 aliphatic heterocycles. The Hall–Kier alpha value is -2.43. The molecule has 4 nitrogen and oxygen atoms in total. The number of carbonyl (C=O) groups is 1. The molecule has 98 valence electrons. The second kappa shape index (κ2) is 4.68. The van der Waals surface area contributed by atoms with E-state index >= 15 is 0 Å². The maximum atomic E-state index is 12.9. The lowest BCUT2D eigenvalue weighted by Crippen LogP contribution is -2.35. The zero-order valence-corrected chi connectivity index (χ0v) is 10.4. The van der Waals surface area contributed by atoms with E-state index in [-0.39, 0.29) is 5.56 Å². The van der Waals surface area contributed by atoms with Crippen LogP contribution in [0.2, 0.25) is 0 Å². The predicted octanol–water partition coefficient (Wildman–Crippen LogP) is 0.957. The highest BCUT2D eigenvalue weighted by Gasteiger charge is 2.12. The van der Waals surface area contributed by atoms with Crippen LogP contribution in [0.15, 0.2) is 35.1 Å². The SMILES string of the molecule is Cc1cc(C)n(-c2ccc(F)cc2)c(=O)c1C(=O)[O-]. The van der Waals surface area contributed by atoms with Gasteiger partial charge in [-0.05, 0) is 49.7 Å². The normalized spacial score (nSPS) is 10.5. The molecule has 2 aromatic rings. The van der Waals surface area contributed by atoms with Crippen LogP contribution in [0.4, 0.5) is 4.39 Å². The summed E-state index contributed by atoms with van der Waals surface area (Å²) in [5.74, 6) is -1.94. The van der Waals surface area contributed by atoms with E-state index in [0.717, 1.165) is 0 Å². The molecule has 0 unspecified atom stereocenters. The minimum absolute atomic E-state index is 0.348. The van der Waals surface area contributed by atoms with Gasteiger partial charge in [-0.15, -0.1) is 0 Å². The van der Waals surface area contributed by atoms with Gasteiger partial charge in [0.1, 0.15) is 5.82 Å². The molecule has 1 heterocycles. The molecule has 0 saturated heterocycles. The van der Waals surface area contributed by atoms with Crippen LogP contribution in [0.3, 0.4) is 0 Å². The molecule has 0 aliphatic carbocycles. The largest absolute Gasteiger partial charge is 0.545 e. The average molecular weight is 260 g/mol. The molecule has 0 fully saturated rings. The molecular weight excluding hydrogens is 249 g/mol. The van der Waals surface area contributed by atoms with Gasteiger partial charge in [-0.25, -0.2) is 4.39 Å². The van der Waals surface area contributed by atoms with Crippen molar-refractivity contribution in [2.45, 2.75) is 13.8 Å². The summed E-state index contributed by atoms with van der Waals surface area (Å²) in [7, 11) is 0. The van der Waals surface area contributed by atoms with Crippen LogP contribution in [0.5, 0.6) is 0 Å². The van der Waals surface area contributed by atoms with Gasteiger partial charge in [-0.2, -0.15) is 0 Å². The lowest BCUT2D eigenvalue weighted by Gasteiger charge is -2.15. The number of pyridine rings is 1. The van der Waals surface area contributed by atoms with Crippen LogP contribution in [0.1, 0.15) is 21.6 Å². The molecule has 0 saturated carbocycles. The predicted molar refractivity (Wildman–Crippen MR) is 65.8 cm³/mol. The van der Waals surface area contributed by atoms with E-state index in [4.69, 9.17) is 0 Å². The van der Waals surface area contributed by atoms with Crippen LogP contribution in [0.25, 0.3) is 5.69 Å². The Balaban J connectivity index is 2.77. The van der Waals surface area contributed by atoms with Crippen molar-refractivity contribution in [1.29, 1.82) is 0 Å². The third-order valence-electron chi connectivity index (χ3n) is 2.88. The minimum Gasteiger partial charge on any atom is -0.545 e. The highest BCUT2D eigenvalue weighted by atomic mass is 19.1. The molecule has 2 rings (SSSR count). The second-order valence-corrected chi connectivity index (χ2v) is 4.25. The van der Waals surface area contributed by atoms with Gasteiger partial charge in [0.25, 0.3) is 5.56 Å². The van der Waals surface area contributed by atoms with Gasteiger partial charge >= 0.3 is 0 Å². The third-order valence-corrected chi connectivity index (χ3v) is 2.88. The molecule has 19 heavy (non-hydrogen) atoms. The molecule has 0 atom stereocenters. The van der Waals surface area contributed by atoms with Crippen LogP contribution < -0.4 is 10.7 Å². The van der Waals surface area contributed by atoms with Crippen molar-refractivity contribution in [3.8, 4) is 5.69 Å². The van der Waals surface area contributed by atoms with E-state index in [0.29, 0.717) is 16.9 Å². The number of carboxylic acids is 1. The first-order chi connectivity index (χ1) is 8.91. The molecule has 5 heteroatoms. The summed E-state index contributed by atoms with van der Waals surface area (Å²) in [5, 5.41) is 11.0. The fourth-order valence-corrected chi connectivity index (χ4v) is 2.05. The van der Waals surface area contributed by atoms with Crippen molar-refractivity contribution in [2.24, 2.45) is 0 Å². The highest BCUT2D eigenvalue weighted by molar-refractivity contribution is 5.87. The molecule has 0 spiro atoms. The lowest BCUT2D eigenvalue weighted by molar-refractivity contribution is -0.255. The molecule has 0 bridgehead atoms. The number of benzene rings is 1. The van der Waals surface area contributed by atoms with E-state index in [2.05, 4.69) is 0 Å². The molecule has 0 amide bonds. The van der Waals surface area contributed by atoms with Crippen molar-refractivity contribution >= 4 is 5.97 Å². The monoisotopic (exact) mass is 260 g/mol. The maximum absolute atomic E-state index is 12.9. The van der Waals surface area contributed by atoms with E-state index in [1.165, 1.54) is 35.8 Å². The Morgan fingerprint density at radius 3 is 2.32 bits per heavy atom. The lowest BCUT2D eigenvalue weighted by atomic mass is 10.1. The highest BCUT2D eigenvalue weighted by Crippen LogP contribution is 2.12. The quantitative estimate of drug-likeness (QED) is 0.807. The number of aromatic carboxylic acids is 1. The first-order valence-corrected chi connectivity index (χ1v) is 5.62. The van der Waals surface area contributed by atoms with Gasteiger partial charge in [-0.1, -0.05) is 0 Å². The smallest absolute Gasteiger partial charge is 0.264 e. The Morgan fingerprint density at radius 1 is 1.21 bits per heavy atom. The number of hydrogen-bond donors (Lipinski definition) is 0. The fourth-order valence-electron chi connectivity index (χ4n) is 2.05. The van der Waals surface area contributed by atoms with Gasteiger partial charge in [0.15, 0.2) is 0 Å². The standard InChI is InChI=1S/C14H12FNO3/c1-8-7-9(2)16(13(17)12(8)14(18)19)11-5-3-10(15)4-6-11/h3-7H,1-2H3,(H,18,19)/p-1. The van der Waals surface area contributed by atoms with Crippen LogP contribution in [-0.2, 0) is 0 Å². The molecule has 0 radical (unpaired) electrons. The van der Waals surface area contributed by atoms with E-state index in [1.807, 2.05) is 0 Å². The number of aryl methyl sites for hydroxylation is 2. The fraction of sp³-hybridized carbons (Fsp3) is 0.143. The minimum atomic E-state index is -1.52. The van der Waals surface area contributed by atoms with Crippen LogP contribution >= 0.6 is 0 Å². The first-order valence-electron chi connectivity index (χ1n) is 5.62. The molecular formula is C14H11FNO3-. The zero-order valence-electron chi connectivity index (χ0n) is 10.4. The number of aromatic nitrogens is 1. The Morgan fingerprint density at radius 2 is 1.79 bits per heavy atom. The zero-order chi connectivity index (χ0) is 14.2. The molecule has 1 aromatic heterocycles. The van der Waals surface area contributed by atoms with E-state index in [9.17, 15) is 19.1 Å². The van der Waals surface area contributed by atoms with Crippen LogP contribution in [0, 0.1) is 19.7 Å². The Bertz CT molecular complexity index is 702. The van der Waals surface area contributed by atoms with Crippen molar-refractivity contribution in [1.82, 2.24) is 4.57 Å². The number of carbonyl (C=O) groups excluding carboxylic acids is 1. The van der Waals surface area contributed by atoms with E-state index < -0.39 is 17.3 Å². The molecule has 0 N–H and O–H groups in total. The van der Waals surface area contributed by atoms with Crippen LogP contribution in [-0.4, -0.2) is 10.5 Å². The number of halogens is 1. The number of hydrogen-bond acceptors (Lipinski definition) is 3. The number of rotatable bonds is 2. The summed E-state index contributed by atoms with van der Waals surface area (Å²) in [4.78, 5) is 23.2. The summed E-state index contributed by atoms with van der Waals surface area (Å²) in [6, 6.07) is 6.83. The summed E-state index contributed by atoms with van der Waals surface area (Å²) in [6.07, 6.45) is 0. The van der Waals surface area contributed by atoms with Gasteiger partial charge in [0.05, 0.1) is 11.5 Å². The van der Waals surface area contributed by atoms with Crippen molar-refractivity contribution in [3.63, 3.8) is 0 Å². The molecule has 1 aromatic carbocycles. The van der Waals surface area contributed by atoms with Gasteiger partial charge in [0, 0.05) is 11.4 Å². The molecule has 0 aliphatic rings. The average Bonchev–Trinajstić information content (AvgIpc) is 2.30. The van der Waals surface area contributed by atoms with Crippen molar-refractivity contribution in [3.05, 3.63) is 63.3 Å². The topological polar surface area (TPSA) is 62.1 Å². The summed E-state index contributed by atoms with van der Waals surface area (Å²) in [5.41, 5.74) is 0.269. The first kappa shape index (κ1) is 13.0. The van der Waals surface area contributed by atoms with Crippen molar-refractivity contribution in [2.75, 3.05) is 0 Å². The Kier molecular flexibility index (Phi) is 3.21. The maximum Gasteiger partial charge on any atom is 0.264 e. The van der Waals surface area contributed by atoms with Gasteiger partial charge in [-0.3, -0.25) is 9.36 Å². The van der Waals surface area contributed by atoms with Gasteiger partial charge < -0.3 is 9.90 Å².